The van der Waals surface area contributed by atoms with Gasteiger partial charge in [-0.2, -0.15) is 0 Å². The first-order valence-electron chi connectivity index (χ1n) is 7.56. The molecule has 130 valence electrons. The monoisotopic (exact) mass is 348 g/mol. The maximum Gasteiger partial charge on any atom is 0.272 e. The smallest absolute Gasteiger partial charge is 0.272 e. The van der Waals surface area contributed by atoms with Gasteiger partial charge >= 0.3 is 0 Å². The molecule has 0 spiro atoms. The van der Waals surface area contributed by atoms with E-state index in [1.54, 1.807) is 18.2 Å². The van der Waals surface area contributed by atoms with Crippen LogP contribution in [-0.4, -0.2) is 35.4 Å². The summed E-state index contributed by atoms with van der Waals surface area (Å²) in [7, 11) is 0. The van der Waals surface area contributed by atoms with Crippen LogP contribution < -0.4 is 0 Å². The van der Waals surface area contributed by atoms with Gasteiger partial charge in [-0.3, -0.25) is 14.9 Å². The van der Waals surface area contributed by atoms with Crippen molar-refractivity contribution in [3.63, 3.8) is 0 Å². The number of non-ortho nitro benzene ring substituents is 1. The number of rotatable bonds is 3. The second-order valence-electron chi connectivity index (χ2n) is 5.55. The summed E-state index contributed by atoms with van der Waals surface area (Å²) < 4.78 is 33.5. The molecule has 1 heterocycles. The van der Waals surface area contributed by atoms with Crippen LogP contribution in [-0.2, 0) is 4.74 Å². The zero-order valence-corrected chi connectivity index (χ0v) is 13.0. The Morgan fingerprint density at radius 3 is 2.64 bits per heavy atom. The van der Waals surface area contributed by atoms with Crippen LogP contribution in [0.5, 0.6) is 0 Å². The lowest BCUT2D eigenvalue weighted by molar-refractivity contribution is -0.385. The molecule has 0 N–H and O–H groups in total. The predicted octanol–water partition coefficient (Wildman–Crippen LogP) is 3.09. The van der Waals surface area contributed by atoms with Crippen LogP contribution in [0.2, 0.25) is 0 Å². The topological polar surface area (TPSA) is 72.7 Å². The molecule has 25 heavy (non-hydrogen) atoms. The highest BCUT2D eigenvalue weighted by molar-refractivity contribution is 5.94. The van der Waals surface area contributed by atoms with Crippen molar-refractivity contribution in [1.82, 2.24) is 4.90 Å². The molecule has 0 bridgehead atoms. The average Bonchev–Trinajstić information content (AvgIpc) is 2.61. The minimum Gasteiger partial charge on any atom is -0.370 e. The van der Waals surface area contributed by atoms with Crippen molar-refractivity contribution in [3.8, 4) is 0 Å². The van der Waals surface area contributed by atoms with Crippen molar-refractivity contribution < 1.29 is 23.2 Å². The SMILES string of the molecule is O=C(c1ccc([N+](=O)[O-])cc1F)N1CCOC(c2ccccc2F)C1. The third-order valence-electron chi connectivity index (χ3n) is 4.00. The molecule has 1 atom stereocenters. The minimum absolute atomic E-state index is 0.0657. The summed E-state index contributed by atoms with van der Waals surface area (Å²) in [6.07, 6.45) is -0.653. The summed E-state index contributed by atoms with van der Waals surface area (Å²) in [5, 5.41) is 10.7. The van der Waals surface area contributed by atoms with Gasteiger partial charge in [0.1, 0.15) is 17.7 Å². The van der Waals surface area contributed by atoms with Gasteiger partial charge in [0.2, 0.25) is 0 Å². The van der Waals surface area contributed by atoms with Crippen molar-refractivity contribution in [2.24, 2.45) is 0 Å². The van der Waals surface area contributed by atoms with Crippen LogP contribution in [0.25, 0.3) is 0 Å². The lowest BCUT2D eigenvalue weighted by atomic mass is 10.1. The fraction of sp³-hybridized carbons (Fsp3) is 0.235. The summed E-state index contributed by atoms with van der Waals surface area (Å²) in [4.78, 5) is 23.8. The van der Waals surface area contributed by atoms with Gasteiger partial charge in [-0.25, -0.2) is 8.78 Å². The van der Waals surface area contributed by atoms with E-state index in [1.807, 2.05) is 0 Å². The Morgan fingerprint density at radius 1 is 1.20 bits per heavy atom. The molecule has 0 radical (unpaired) electrons. The zero-order chi connectivity index (χ0) is 18.0. The molecule has 1 aliphatic heterocycles. The Morgan fingerprint density at radius 2 is 1.96 bits per heavy atom. The lowest BCUT2D eigenvalue weighted by Gasteiger charge is -2.33. The lowest BCUT2D eigenvalue weighted by Crippen LogP contribution is -2.42. The van der Waals surface area contributed by atoms with E-state index in [9.17, 15) is 23.7 Å². The van der Waals surface area contributed by atoms with Gasteiger partial charge < -0.3 is 9.64 Å². The third kappa shape index (κ3) is 3.48. The Hall–Kier alpha value is -2.87. The highest BCUT2D eigenvalue weighted by Crippen LogP contribution is 2.26. The van der Waals surface area contributed by atoms with Crippen LogP contribution in [0.1, 0.15) is 22.0 Å². The first-order valence-corrected chi connectivity index (χ1v) is 7.56. The Bertz CT molecular complexity index is 828. The van der Waals surface area contributed by atoms with E-state index in [4.69, 9.17) is 4.74 Å². The first-order chi connectivity index (χ1) is 12.0. The molecule has 1 saturated heterocycles. The second kappa shape index (κ2) is 6.94. The van der Waals surface area contributed by atoms with Crippen LogP contribution in [0.15, 0.2) is 42.5 Å². The quantitative estimate of drug-likeness (QED) is 0.631. The van der Waals surface area contributed by atoms with Gasteiger partial charge in [-0.15, -0.1) is 0 Å². The van der Waals surface area contributed by atoms with E-state index in [0.29, 0.717) is 11.6 Å². The molecule has 0 saturated carbocycles. The standard InChI is InChI=1S/C17H14F2N2O4/c18-14-4-2-1-3-12(14)16-10-20(7-8-25-16)17(22)13-6-5-11(21(23)24)9-15(13)19/h1-6,9,16H,7-8,10H2. The molecule has 2 aromatic rings. The average molecular weight is 348 g/mol. The van der Waals surface area contributed by atoms with Crippen molar-refractivity contribution >= 4 is 11.6 Å². The Kier molecular flexibility index (Phi) is 4.71. The molecule has 1 unspecified atom stereocenters. The predicted molar refractivity (Wildman–Crippen MR) is 84.1 cm³/mol. The summed E-state index contributed by atoms with van der Waals surface area (Å²) in [6, 6.07) is 8.96. The highest BCUT2D eigenvalue weighted by atomic mass is 19.1. The maximum absolute atomic E-state index is 14.1. The number of carbonyl (C=O) groups is 1. The van der Waals surface area contributed by atoms with E-state index in [0.717, 1.165) is 12.1 Å². The van der Waals surface area contributed by atoms with Crippen molar-refractivity contribution in [2.45, 2.75) is 6.10 Å². The number of amides is 1. The van der Waals surface area contributed by atoms with E-state index in [1.165, 1.54) is 11.0 Å². The number of nitrogens with zero attached hydrogens (tertiary/aromatic N) is 2. The number of hydrogen-bond acceptors (Lipinski definition) is 4. The summed E-state index contributed by atoms with van der Waals surface area (Å²) in [5.74, 6) is -2.02. The van der Waals surface area contributed by atoms with Crippen molar-refractivity contribution in [2.75, 3.05) is 19.7 Å². The molecular formula is C17H14F2N2O4. The third-order valence-corrected chi connectivity index (χ3v) is 4.00. The number of hydrogen-bond donors (Lipinski definition) is 0. The van der Waals surface area contributed by atoms with Gasteiger partial charge in [-0.05, 0) is 12.1 Å². The number of ether oxygens (including phenoxy) is 1. The molecular weight excluding hydrogens is 334 g/mol. The van der Waals surface area contributed by atoms with Crippen molar-refractivity contribution in [3.05, 3.63) is 75.3 Å². The molecule has 2 aromatic carbocycles. The first kappa shape index (κ1) is 17.0. The van der Waals surface area contributed by atoms with Gasteiger partial charge in [0.15, 0.2) is 0 Å². The fourth-order valence-corrected chi connectivity index (χ4v) is 2.72. The van der Waals surface area contributed by atoms with Crippen LogP contribution in [0.4, 0.5) is 14.5 Å². The van der Waals surface area contributed by atoms with Gasteiger partial charge in [-0.1, -0.05) is 18.2 Å². The molecule has 1 fully saturated rings. The van der Waals surface area contributed by atoms with Gasteiger partial charge in [0.25, 0.3) is 11.6 Å². The number of nitro benzene ring substituents is 1. The van der Waals surface area contributed by atoms with E-state index >= 15 is 0 Å². The molecule has 1 amide bonds. The van der Waals surface area contributed by atoms with Gasteiger partial charge in [0, 0.05) is 18.2 Å². The molecule has 6 nitrogen and oxygen atoms in total. The van der Waals surface area contributed by atoms with Crippen LogP contribution >= 0.6 is 0 Å². The number of nitro groups is 1. The number of carbonyl (C=O) groups excluding carboxylic acids is 1. The molecule has 8 heteroatoms. The van der Waals surface area contributed by atoms with Crippen molar-refractivity contribution in [1.29, 1.82) is 0 Å². The summed E-state index contributed by atoms with van der Waals surface area (Å²) >= 11 is 0. The fourth-order valence-electron chi connectivity index (χ4n) is 2.72. The number of benzene rings is 2. The van der Waals surface area contributed by atoms with Crippen LogP contribution in [0, 0.1) is 21.7 Å². The van der Waals surface area contributed by atoms with E-state index < -0.39 is 34.3 Å². The normalized spacial score (nSPS) is 17.4. The largest absolute Gasteiger partial charge is 0.370 e. The second-order valence-corrected chi connectivity index (χ2v) is 5.55. The molecule has 0 aliphatic carbocycles. The Balaban J connectivity index is 1.81. The molecule has 1 aliphatic rings. The summed E-state index contributed by atoms with van der Waals surface area (Å²) in [6.45, 7) is 0.468. The number of halogens is 2. The maximum atomic E-state index is 14.1. The van der Waals surface area contributed by atoms with E-state index in [-0.39, 0.29) is 25.3 Å². The summed E-state index contributed by atoms with van der Waals surface area (Å²) in [5.41, 5.74) is -0.371. The minimum atomic E-state index is -0.965. The number of morpholine rings is 1. The van der Waals surface area contributed by atoms with E-state index in [2.05, 4.69) is 0 Å². The molecule has 3 rings (SSSR count). The highest BCUT2D eigenvalue weighted by Gasteiger charge is 2.29. The molecule has 0 aromatic heterocycles. The Labute approximate surface area is 141 Å². The van der Waals surface area contributed by atoms with Crippen LogP contribution in [0.3, 0.4) is 0 Å². The van der Waals surface area contributed by atoms with Gasteiger partial charge in [0.05, 0.1) is 29.7 Å². The zero-order valence-electron chi connectivity index (χ0n) is 13.0.